The van der Waals surface area contributed by atoms with Crippen LogP contribution in [-0.2, 0) is 4.79 Å². The van der Waals surface area contributed by atoms with Crippen LogP contribution in [0.1, 0.15) is 13.3 Å². The first-order valence-corrected chi connectivity index (χ1v) is 9.69. The van der Waals surface area contributed by atoms with Gasteiger partial charge in [0.2, 0.25) is 0 Å². The van der Waals surface area contributed by atoms with E-state index in [0.29, 0.717) is 11.8 Å². The summed E-state index contributed by atoms with van der Waals surface area (Å²) in [7, 11) is -1.46. The summed E-state index contributed by atoms with van der Waals surface area (Å²) in [5.41, 5.74) is 0.0721. The Morgan fingerprint density at radius 3 is 2.31 bits per heavy atom. The lowest BCUT2D eigenvalue weighted by Gasteiger charge is -2.35. The molecular formula is C13H20O2Si. The number of allylic oxidation sites excluding steroid dienone is 2. The number of carboxylic acids is 1. The van der Waals surface area contributed by atoms with Crippen LogP contribution < -0.4 is 0 Å². The normalized spacial score (nSPS) is 52.9. The molecule has 3 rings (SSSR count). The average Bonchev–Trinajstić information content (AvgIpc) is 2.47. The van der Waals surface area contributed by atoms with Crippen LogP contribution in [0.25, 0.3) is 0 Å². The van der Waals surface area contributed by atoms with E-state index in [0.717, 1.165) is 0 Å². The van der Waals surface area contributed by atoms with Crippen LogP contribution in [0.5, 0.6) is 0 Å². The number of hydrogen-bond donors (Lipinski definition) is 1. The second-order valence-corrected chi connectivity index (χ2v) is 12.3. The fourth-order valence-electron chi connectivity index (χ4n) is 5.53. The molecule has 0 amide bonds. The van der Waals surface area contributed by atoms with Crippen LogP contribution in [-0.4, -0.2) is 19.1 Å². The molecule has 0 aromatic carbocycles. The zero-order chi connectivity index (χ0) is 11.9. The fraction of sp³-hybridized carbons (Fsp3) is 0.769. The van der Waals surface area contributed by atoms with E-state index in [1.54, 1.807) is 0 Å². The third-order valence-electron chi connectivity index (χ3n) is 5.79. The smallest absolute Gasteiger partial charge is 0.307 e. The maximum absolute atomic E-state index is 11.5. The molecule has 0 aromatic heterocycles. The number of carboxylic acid groups (broad SMARTS) is 1. The van der Waals surface area contributed by atoms with E-state index in [9.17, 15) is 9.90 Å². The zero-order valence-corrected chi connectivity index (χ0v) is 11.4. The third kappa shape index (κ3) is 0.754. The van der Waals surface area contributed by atoms with Crippen molar-refractivity contribution in [3.8, 4) is 0 Å². The molecule has 0 saturated heterocycles. The van der Waals surface area contributed by atoms with Crippen molar-refractivity contribution >= 4 is 14.0 Å². The topological polar surface area (TPSA) is 37.3 Å². The van der Waals surface area contributed by atoms with Gasteiger partial charge in [0, 0.05) is 0 Å². The van der Waals surface area contributed by atoms with Crippen LogP contribution in [0.4, 0.5) is 0 Å². The second-order valence-electron chi connectivity index (χ2n) is 7.01. The Hall–Kier alpha value is -0.573. The van der Waals surface area contributed by atoms with Gasteiger partial charge in [-0.15, -0.1) is 0 Å². The maximum Gasteiger partial charge on any atom is 0.307 e. The summed E-state index contributed by atoms with van der Waals surface area (Å²) in [5.74, 6) is 0.453. The van der Waals surface area contributed by atoms with Gasteiger partial charge in [-0.3, -0.25) is 4.79 Å². The molecule has 0 aromatic rings. The lowest BCUT2D eigenvalue weighted by Crippen LogP contribution is -2.37. The molecule has 3 heteroatoms. The summed E-state index contributed by atoms with van der Waals surface area (Å²) < 4.78 is 0. The summed E-state index contributed by atoms with van der Waals surface area (Å²) in [5, 5.41) is 9.65. The minimum atomic E-state index is -1.46. The highest BCUT2D eigenvalue weighted by atomic mass is 28.3. The van der Waals surface area contributed by atoms with Crippen LogP contribution in [0.15, 0.2) is 12.2 Å². The minimum Gasteiger partial charge on any atom is -0.481 e. The molecule has 0 radical (unpaired) electrons. The van der Waals surface area contributed by atoms with E-state index >= 15 is 0 Å². The van der Waals surface area contributed by atoms with Crippen molar-refractivity contribution in [2.45, 2.75) is 38.0 Å². The van der Waals surface area contributed by atoms with Crippen LogP contribution in [0.3, 0.4) is 0 Å². The molecule has 5 atom stereocenters. The molecule has 2 bridgehead atoms. The molecule has 16 heavy (non-hydrogen) atoms. The molecule has 0 aliphatic heterocycles. The standard InChI is InChI=1S/C13H20O2Si/c1-12-8-5-6-9(7-8)13(12,16(2,3)4)10(12)11(14)15/h5-6,8-10H,7H2,1-4H3,(H,14,15)/t8-,9-,10-,12+,13-/m0/s1. The summed E-state index contributed by atoms with van der Waals surface area (Å²) >= 11 is 0. The second kappa shape index (κ2) is 2.47. The van der Waals surface area contributed by atoms with Crippen molar-refractivity contribution in [1.29, 1.82) is 0 Å². The summed E-state index contributed by atoms with van der Waals surface area (Å²) in [4.78, 5) is 11.5. The Morgan fingerprint density at radius 1 is 1.31 bits per heavy atom. The van der Waals surface area contributed by atoms with E-state index in [1.165, 1.54) is 6.42 Å². The van der Waals surface area contributed by atoms with Crippen molar-refractivity contribution in [3.05, 3.63) is 12.2 Å². The molecule has 1 N–H and O–H groups in total. The third-order valence-corrected chi connectivity index (χ3v) is 9.47. The molecule has 2 saturated carbocycles. The van der Waals surface area contributed by atoms with Gasteiger partial charge in [0.15, 0.2) is 0 Å². The predicted octanol–water partition coefficient (Wildman–Crippen LogP) is 2.99. The van der Waals surface area contributed by atoms with E-state index in [1.807, 2.05) is 0 Å². The Kier molecular flexibility index (Phi) is 1.63. The molecular weight excluding hydrogens is 216 g/mol. The van der Waals surface area contributed by atoms with Gasteiger partial charge in [0.05, 0.1) is 14.0 Å². The van der Waals surface area contributed by atoms with E-state index < -0.39 is 14.0 Å². The molecule has 2 nitrogen and oxygen atoms in total. The van der Waals surface area contributed by atoms with Crippen molar-refractivity contribution < 1.29 is 9.90 Å². The number of aliphatic carboxylic acids is 1. The fourth-order valence-corrected chi connectivity index (χ4v) is 10.0. The van der Waals surface area contributed by atoms with Crippen molar-refractivity contribution in [2.75, 3.05) is 0 Å². The SMILES string of the molecule is C[C@]12[C@H]3C=C[C@@H](C3)[C@]1([Si](C)(C)C)[C@H]2C(=O)O. The summed E-state index contributed by atoms with van der Waals surface area (Å²) in [6.07, 6.45) is 5.81. The van der Waals surface area contributed by atoms with Gasteiger partial charge in [0.25, 0.3) is 0 Å². The minimum absolute atomic E-state index is 0.0721. The average molecular weight is 236 g/mol. The number of rotatable bonds is 2. The molecule has 0 unspecified atom stereocenters. The number of fused-ring (bicyclic) bond motifs is 5. The van der Waals surface area contributed by atoms with Gasteiger partial charge in [-0.2, -0.15) is 0 Å². The molecule has 0 heterocycles. The first-order chi connectivity index (χ1) is 7.28. The van der Waals surface area contributed by atoms with Crippen molar-refractivity contribution in [3.63, 3.8) is 0 Å². The molecule has 0 spiro atoms. The van der Waals surface area contributed by atoms with Crippen LogP contribution in [0, 0.1) is 23.2 Å². The zero-order valence-electron chi connectivity index (χ0n) is 10.4. The lowest BCUT2D eigenvalue weighted by atomic mass is 9.90. The predicted molar refractivity (Wildman–Crippen MR) is 66.0 cm³/mol. The first-order valence-electron chi connectivity index (χ1n) is 6.19. The van der Waals surface area contributed by atoms with Gasteiger partial charge < -0.3 is 5.11 Å². The molecule has 2 fully saturated rings. The van der Waals surface area contributed by atoms with Crippen molar-refractivity contribution in [1.82, 2.24) is 0 Å². The monoisotopic (exact) mass is 236 g/mol. The van der Waals surface area contributed by atoms with E-state index in [4.69, 9.17) is 0 Å². The Labute approximate surface area is 97.7 Å². The Bertz CT molecular complexity index is 409. The van der Waals surface area contributed by atoms with Crippen LogP contribution >= 0.6 is 0 Å². The van der Waals surface area contributed by atoms with E-state index in [2.05, 4.69) is 38.7 Å². The lowest BCUT2D eigenvalue weighted by molar-refractivity contribution is -0.140. The Balaban J connectivity index is 2.15. The Morgan fingerprint density at radius 2 is 1.88 bits per heavy atom. The molecule has 88 valence electrons. The highest BCUT2D eigenvalue weighted by Crippen LogP contribution is 2.91. The highest BCUT2D eigenvalue weighted by Gasteiger charge is 2.88. The highest BCUT2D eigenvalue weighted by molar-refractivity contribution is 6.81. The van der Waals surface area contributed by atoms with Crippen molar-refractivity contribution in [2.24, 2.45) is 23.2 Å². The van der Waals surface area contributed by atoms with Gasteiger partial charge in [-0.25, -0.2) is 0 Å². The first kappa shape index (κ1) is 10.6. The summed E-state index contributed by atoms with van der Waals surface area (Å²) in [6, 6.07) is 0. The van der Waals surface area contributed by atoms with Gasteiger partial charge >= 0.3 is 5.97 Å². The summed E-state index contributed by atoms with van der Waals surface area (Å²) in [6.45, 7) is 9.28. The van der Waals surface area contributed by atoms with Crippen LogP contribution in [0.2, 0.25) is 24.7 Å². The quantitative estimate of drug-likeness (QED) is 0.591. The van der Waals surface area contributed by atoms with E-state index in [-0.39, 0.29) is 16.4 Å². The maximum atomic E-state index is 11.5. The van der Waals surface area contributed by atoms with Gasteiger partial charge in [0.1, 0.15) is 0 Å². The van der Waals surface area contributed by atoms with Gasteiger partial charge in [-0.1, -0.05) is 38.7 Å². The van der Waals surface area contributed by atoms with Gasteiger partial charge in [-0.05, 0) is 28.7 Å². The number of hydrogen-bond acceptors (Lipinski definition) is 1. The number of carbonyl (C=O) groups is 1. The molecule has 3 aliphatic rings. The molecule has 3 aliphatic carbocycles. The largest absolute Gasteiger partial charge is 0.481 e.